The van der Waals surface area contributed by atoms with Crippen LogP contribution in [0.1, 0.15) is 24.0 Å². The Hall–Kier alpha value is -1.60. The number of benzene rings is 2. The first kappa shape index (κ1) is 11.9. The van der Waals surface area contributed by atoms with Gasteiger partial charge in [-0.25, -0.2) is 0 Å². The third-order valence-electron chi connectivity index (χ3n) is 2.85. The fraction of sp³-hybridized carbons (Fsp3) is 0.250. The molecular weight excluding hydrogens is 208 g/mol. The van der Waals surface area contributed by atoms with Crippen LogP contribution >= 0.6 is 0 Å². The molecule has 0 heterocycles. The molecule has 0 N–H and O–H groups in total. The molecule has 0 spiro atoms. The smallest absolute Gasteiger partial charge is 0.0717 e. The molecule has 1 atom stereocenters. The van der Waals surface area contributed by atoms with Gasteiger partial charge in [-0.1, -0.05) is 67.6 Å². The van der Waals surface area contributed by atoms with Gasteiger partial charge in [-0.3, -0.25) is 0 Å². The molecule has 0 radical (unpaired) electrons. The van der Waals surface area contributed by atoms with E-state index in [2.05, 4.69) is 43.3 Å². The predicted octanol–water partition coefficient (Wildman–Crippen LogP) is 4.01. The van der Waals surface area contributed by atoms with E-state index < -0.39 is 0 Å². The number of hydrogen-bond acceptors (Lipinski definition) is 1. The highest BCUT2D eigenvalue weighted by Crippen LogP contribution is 2.15. The molecule has 2 aromatic carbocycles. The first-order valence-corrected chi connectivity index (χ1v) is 6.03. The molecule has 2 aromatic rings. The van der Waals surface area contributed by atoms with E-state index in [1.54, 1.807) is 0 Å². The Labute approximate surface area is 103 Å². The second-order valence-electron chi connectivity index (χ2n) is 4.31. The van der Waals surface area contributed by atoms with Gasteiger partial charge in [-0.2, -0.15) is 0 Å². The SMILES string of the molecule is CC(COCc1ccccc1)c1ccccc1. The zero-order chi connectivity index (χ0) is 11.9. The standard InChI is InChI=1S/C16H18O/c1-14(16-10-6-3-7-11-16)12-17-13-15-8-4-2-5-9-15/h2-11,14H,12-13H2,1H3. The summed E-state index contributed by atoms with van der Waals surface area (Å²) in [5.41, 5.74) is 2.56. The molecule has 1 heteroatoms. The van der Waals surface area contributed by atoms with Gasteiger partial charge in [0.2, 0.25) is 0 Å². The molecular formula is C16H18O. The summed E-state index contributed by atoms with van der Waals surface area (Å²) >= 11 is 0. The minimum atomic E-state index is 0.444. The zero-order valence-electron chi connectivity index (χ0n) is 10.2. The second-order valence-corrected chi connectivity index (χ2v) is 4.31. The second kappa shape index (κ2) is 6.21. The highest BCUT2D eigenvalue weighted by atomic mass is 16.5. The normalized spacial score (nSPS) is 12.3. The maximum Gasteiger partial charge on any atom is 0.0717 e. The van der Waals surface area contributed by atoms with Gasteiger partial charge in [0.1, 0.15) is 0 Å². The summed E-state index contributed by atoms with van der Waals surface area (Å²) in [7, 11) is 0. The van der Waals surface area contributed by atoms with Gasteiger partial charge in [0, 0.05) is 5.92 Å². The largest absolute Gasteiger partial charge is 0.376 e. The Balaban J connectivity index is 1.79. The van der Waals surface area contributed by atoms with E-state index >= 15 is 0 Å². The van der Waals surface area contributed by atoms with E-state index in [4.69, 9.17) is 4.74 Å². The number of rotatable bonds is 5. The summed E-state index contributed by atoms with van der Waals surface area (Å²) in [6.07, 6.45) is 0. The van der Waals surface area contributed by atoms with E-state index in [-0.39, 0.29) is 0 Å². The maximum absolute atomic E-state index is 5.74. The zero-order valence-corrected chi connectivity index (χ0v) is 10.2. The third kappa shape index (κ3) is 3.72. The van der Waals surface area contributed by atoms with Gasteiger partial charge < -0.3 is 4.74 Å². The van der Waals surface area contributed by atoms with E-state index in [0.717, 1.165) is 6.61 Å². The van der Waals surface area contributed by atoms with Crippen molar-refractivity contribution in [3.8, 4) is 0 Å². The molecule has 0 aliphatic carbocycles. The molecule has 0 saturated heterocycles. The van der Waals surface area contributed by atoms with Crippen LogP contribution in [-0.4, -0.2) is 6.61 Å². The molecule has 0 aliphatic heterocycles. The lowest BCUT2D eigenvalue weighted by Crippen LogP contribution is -2.04. The Morgan fingerprint density at radius 2 is 1.47 bits per heavy atom. The molecule has 0 aromatic heterocycles. The molecule has 1 nitrogen and oxygen atoms in total. The molecule has 2 rings (SSSR count). The Kier molecular flexibility index (Phi) is 4.34. The minimum absolute atomic E-state index is 0.444. The van der Waals surface area contributed by atoms with Crippen LogP contribution in [0.2, 0.25) is 0 Å². The molecule has 0 amide bonds. The lowest BCUT2D eigenvalue weighted by atomic mass is 10.0. The van der Waals surface area contributed by atoms with Crippen LogP contribution in [0.25, 0.3) is 0 Å². The highest BCUT2D eigenvalue weighted by Gasteiger charge is 2.04. The van der Waals surface area contributed by atoms with Crippen LogP contribution < -0.4 is 0 Å². The van der Waals surface area contributed by atoms with Crippen LogP contribution in [0.15, 0.2) is 60.7 Å². The summed E-state index contributed by atoms with van der Waals surface area (Å²) in [5.74, 6) is 0.444. The van der Waals surface area contributed by atoms with Crippen molar-refractivity contribution in [2.45, 2.75) is 19.4 Å². The van der Waals surface area contributed by atoms with Crippen molar-refractivity contribution in [1.29, 1.82) is 0 Å². The van der Waals surface area contributed by atoms with Gasteiger partial charge in [0.05, 0.1) is 13.2 Å². The van der Waals surface area contributed by atoms with Gasteiger partial charge in [0.25, 0.3) is 0 Å². The van der Waals surface area contributed by atoms with E-state index in [0.29, 0.717) is 12.5 Å². The first-order valence-electron chi connectivity index (χ1n) is 6.03. The molecule has 0 bridgehead atoms. The van der Waals surface area contributed by atoms with Crippen molar-refractivity contribution < 1.29 is 4.74 Å². The first-order chi connectivity index (χ1) is 8.36. The van der Waals surface area contributed by atoms with Crippen molar-refractivity contribution in [3.05, 3.63) is 71.8 Å². The molecule has 0 fully saturated rings. The molecule has 1 unspecified atom stereocenters. The van der Waals surface area contributed by atoms with Gasteiger partial charge in [0.15, 0.2) is 0 Å². The average Bonchev–Trinajstić information content (AvgIpc) is 2.41. The highest BCUT2D eigenvalue weighted by molar-refractivity contribution is 5.18. The topological polar surface area (TPSA) is 9.23 Å². The summed E-state index contributed by atoms with van der Waals surface area (Å²) in [5, 5.41) is 0. The fourth-order valence-corrected chi connectivity index (χ4v) is 1.81. The van der Waals surface area contributed by atoms with Gasteiger partial charge >= 0.3 is 0 Å². The van der Waals surface area contributed by atoms with E-state index in [1.807, 2.05) is 24.3 Å². The minimum Gasteiger partial charge on any atom is -0.376 e. The van der Waals surface area contributed by atoms with Crippen molar-refractivity contribution in [2.75, 3.05) is 6.61 Å². The quantitative estimate of drug-likeness (QED) is 0.748. The summed E-state index contributed by atoms with van der Waals surface area (Å²) in [6.45, 7) is 3.65. The van der Waals surface area contributed by atoms with Crippen LogP contribution in [0, 0.1) is 0 Å². The van der Waals surface area contributed by atoms with Gasteiger partial charge in [-0.15, -0.1) is 0 Å². The molecule has 0 saturated carbocycles. The summed E-state index contributed by atoms with van der Waals surface area (Å²) in [4.78, 5) is 0. The van der Waals surface area contributed by atoms with E-state index in [9.17, 15) is 0 Å². The van der Waals surface area contributed by atoms with Crippen LogP contribution in [-0.2, 0) is 11.3 Å². The molecule has 88 valence electrons. The van der Waals surface area contributed by atoms with Crippen molar-refractivity contribution in [1.82, 2.24) is 0 Å². The molecule has 17 heavy (non-hydrogen) atoms. The monoisotopic (exact) mass is 226 g/mol. The third-order valence-corrected chi connectivity index (χ3v) is 2.85. The van der Waals surface area contributed by atoms with Crippen LogP contribution in [0.5, 0.6) is 0 Å². The summed E-state index contributed by atoms with van der Waals surface area (Å²) in [6, 6.07) is 20.8. The summed E-state index contributed by atoms with van der Waals surface area (Å²) < 4.78 is 5.74. The van der Waals surface area contributed by atoms with Crippen molar-refractivity contribution in [2.24, 2.45) is 0 Å². The Morgan fingerprint density at radius 3 is 2.12 bits per heavy atom. The lowest BCUT2D eigenvalue weighted by molar-refractivity contribution is 0.110. The fourth-order valence-electron chi connectivity index (χ4n) is 1.81. The number of ether oxygens (including phenoxy) is 1. The predicted molar refractivity (Wildman–Crippen MR) is 71.0 cm³/mol. The van der Waals surface area contributed by atoms with Gasteiger partial charge in [-0.05, 0) is 11.1 Å². The average molecular weight is 226 g/mol. The Morgan fingerprint density at radius 1 is 0.882 bits per heavy atom. The van der Waals surface area contributed by atoms with Crippen molar-refractivity contribution >= 4 is 0 Å². The Bertz CT molecular complexity index is 422. The maximum atomic E-state index is 5.74. The van der Waals surface area contributed by atoms with Crippen LogP contribution in [0.3, 0.4) is 0 Å². The van der Waals surface area contributed by atoms with Crippen molar-refractivity contribution in [3.63, 3.8) is 0 Å². The molecule has 0 aliphatic rings. The van der Waals surface area contributed by atoms with E-state index in [1.165, 1.54) is 11.1 Å². The van der Waals surface area contributed by atoms with Crippen LogP contribution in [0.4, 0.5) is 0 Å². The number of hydrogen-bond donors (Lipinski definition) is 0. The lowest BCUT2D eigenvalue weighted by Gasteiger charge is -2.12.